The molecule has 6 nitrogen and oxygen atoms in total. The molecule has 0 bridgehead atoms. The third kappa shape index (κ3) is 4.08. The smallest absolute Gasteiger partial charge is 0.335 e. The van der Waals surface area contributed by atoms with Crippen molar-refractivity contribution in [3.63, 3.8) is 0 Å². The molecule has 24 heavy (non-hydrogen) atoms. The zero-order valence-electron chi connectivity index (χ0n) is 12.5. The summed E-state index contributed by atoms with van der Waals surface area (Å²) in [5.74, 6) is -1.53. The van der Waals surface area contributed by atoms with Gasteiger partial charge in [0.15, 0.2) is 5.78 Å². The number of rotatable bonds is 7. The Morgan fingerprint density at radius 1 is 1.04 bits per heavy atom. The van der Waals surface area contributed by atoms with E-state index in [0.29, 0.717) is 10.4 Å². The summed E-state index contributed by atoms with van der Waals surface area (Å²) in [6.07, 6.45) is -0.0156. The van der Waals surface area contributed by atoms with Gasteiger partial charge in [0.05, 0.1) is 16.1 Å². The van der Waals surface area contributed by atoms with Crippen molar-refractivity contribution in [2.24, 2.45) is 0 Å². The fourth-order valence-corrected chi connectivity index (χ4v) is 2.59. The Hall–Kier alpha value is -2.93. The lowest BCUT2D eigenvalue weighted by atomic mass is 9.98. The van der Waals surface area contributed by atoms with Crippen molar-refractivity contribution >= 4 is 34.5 Å². The molecule has 0 aliphatic rings. The van der Waals surface area contributed by atoms with E-state index in [-0.39, 0.29) is 29.7 Å². The van der Waals surface area contributed by atoms with Crippen molar-refractivity contribution in [1.82, 2.24) is 0 Å². The second kappa shape index (κ2) is 7.56. The molecule has 2 aromatic carbocycles. The molecule has 0 saturated heterocycles. The minimum atomic E-state index is -1.07. The lowest BCUT2D eigenvalue weighted by Gasteiger charge is -2.07. The number of aromatic carboxylic acids is 1. The molecular weight excluding hydrogens is 330 g/mol. The third-order valence-corrected chi connectivity index (χ3v) is 3.68. The summed E-state index contributed by atoms with van der Waals surface area (Å²) in [5.41, 5.74) is 0.357. The molecule has 0 aliphatic heterocycles. The first kappa shape index (κ1) is 17.4. The van der Waals surface area contributed by atoms with Crippen molar-refractivity contribution in [3.8, 4) is 0 Å². The summed E-state index contributed by atoms with van der Waals surface area (Å²) < 4.78 is 0. The van der Waals surface area contributed by atoms with E-state index < -0.39 is 16.7 Å². The molecule has 0 radical (unpaired) electrons. The van der Waals surface area contributed by atoms with Crippen LogP contribution < -0.4 is 0 Å². The number of para-hydroxylation sites is 1. The number of nitro benzene ring substituents is 1. The molecule has 0 amide bonds. The maximum atomic E-state index is 12.3. The highest BCUT2D eigenvalue weighted by atomic mass is 32.1. The van der Waals surface area contributed by atoms with Crippen molar-refractivity contribution < 1.29 is 19.6 Å². The molecule has 0 unspecified atom stereocenters. The van der Waals surface area contributed by atoms with E-state index in [1.54, 1.807) is 24.3 Å². The van der Waals surface area contributed by atoms with Gasteiger partial charge in [-0.1, -0.05) is 42.5 Å². The predicted molar refractivity (Wildman–Crippen MR) is 91.7 cm³/mol. The van der Waals surface area contributed by atoms with Gasteiger partial charge in [0.2, 0.25) is 0 Å². The standard InChI is InChI=1S/C17H13NO5S/c19-16(14-7-3-4-8-15(14)18(22)23)10-12(24)9-11-5-1-2-6-13(11)17(20)21/h1-8H,9-10H2,(H,20,21). The van der Waals surface area contributed by atoms with E-state index >= 15 is 0 Å². The van der Waals surface area contributed by atoms with Crippen LogP contribution in [0.25, 0.3) is 0 Å². The van der Waals surface area contributed by atoms with Gasteiger partial charge in [0.25, 0.3) is 5.69 Å². The van der Waals surface area contributed by atoms with Gasteiger partial charge in [-0.2, -0.15) is 0 Å². The molecule has 7 heteroatoms. The fourth-order valence-electron chi connectivity index (χ4n) is 2.30. The highest BCUT2D eigenvalue weighted by molar-refractivity contribution is 7.80. The quantitative estimate of drug-likeness (QED) is 0.358. The van der Waals surface area contributed by atoms with Crippen LogP contribution in [0.4, 0.5) is 5.69 Å². The topological polar surface area (TPSA) is 97.5 Å². The molecule has 0 atom stereocenters. The first-order valence-electron chi connectivity index (χ1n) is 6.99. The average Bonchev–Trinajstić information content (AvgIpc) is 2.54. The second-order valence-electron chi connectivity index (χ2n) is 5.05. The summed E-state index contributed by atoms with van der Waals surface area (Å²) in [4.78, 5) is 34.2. The number of carbonyl (C=O) groups is 2. The Bertz CT molecular complexity index is 831. The van der Waals surface area contributed by atoms with E-state index in [9.17, 15) is 19.7 Å². The summed E-state index contributed by atoms with van der Waals surface area (Å²) in [6.45, 7) is 0. The molecule has 0 heterocycles. The van der Waals surface area contributed by atoms with Crippen LogP contribution in [0.15, 0.2) is 48.5 Å². The van der Waals surface area contributed by atoms with Gasteiger partial charge < -0.3 is 5.11 Å². The number of benzene rings is 2. The normalized spacial score (nSPS) is 10.2. The van der Waals surface area contributed by atoms with Gasteiger partial charge in [-0.05, 0) is 17.7 Å². The third-order valence-electron chi connectivity index (χ3n) is 3.39. The van der Waals surface area contributed by atoms with Crippen LogP contribution in [0.5, 0.6) is 0 Å². The summed E-state index contributed by atoms with van der Waals surface area (Å²) in [7, 11) is 0. The van der Waals surface area contributed by atoms with Gasteiger partial charge in [-0.3, -0.25) is 14.9 Å². The van der Waals surface area contributed by atoms with Crippen molar-refractivity contribution in [2.45, 2.75) is 12.8 Å². The largest absolute Gasteiger partial charge is 0.478 e. The molecule has 2 rings (SSSR count). The number of hydrogen-bond donors (Lipinski definition) is 1. The van der Waals surface area contributed by atoms with Gasteiger partial charge in [0, 0.05) is 23.8 Å². The predicted octanol–water partition coefficient (Wildman–Crippen LogP) is 3.48. The Kier molecular flexibility index (Phi) is 5.49. The highest BCUT2D eigenvalue weighted by Crippen LogP contribution is 2.20. The number of hydrogen-bond acceptors (Lipinski definition) is 5. The minimum absolute atomic E-state index is 0.00336. The molecule has 1 N–H and O–H groups in total. The van der Waals surface area contributed by atoms with Crippen LogP contribution in [0.3, 0.4) is 0 Å². The Morgan fingerprint density at radius 3 is 2.25 bits per heavy atom. The number of carbonyl (C=O) groups excluding carboxylic acids is 1. The van der Waals surface area contributed by atoms with Gasteiger partial charge >= 0.3 is 5.97 Å². The first-order valence-corrected chi connectivity index (χ1v) is 7.40. The Labute approximate surface area is 142 Å². The second-order valence-corrected chi connectivity index (χ2v) is 5.63. The van der Waals surface area contributed by atoms with Crippen LogP contribution in [0, 0.1) is 10.1 Å². The molecule has 0 saturated carbocycles. The molecule has 0 fully saturated rings. The maximum absolute atomic E-state index is 12.3. The van der Waals surface area contributed by atoms with E-state index in [2.05, 4.69) is 0 Å². The van der Waals surface area contributed by atoms with Crippen molar-refractivity contribution in [2.75, 3.05) is 0 Å². The van der Waals surface area contributed by atoms with Crippen LogP contribution in [-0.4, -0.2) is 26.6 Å². The molecular formula is C17H13NO5S. The van der Waals surface area contributed by atoms with Gasteiger partial charge in [-0.15, -0.1) is 0 Å². The summed E-state index contributed by atoms with van der Waals surface area (Å²) in [5, 5.41) is 20.1. The number of thiocarbonyl (C=S) groups is 1. The van der Waals surface area contributed by atoms with Gasteiger partial charge in [-0.25, -0.2) is 4.79 Å². The van der Waals surface area contributed by atoms with E-state index in [4.69, 9.17) is 17.3 Å². The monoisotopic (exact) mass is 343 g/mol. The maximum Gasteiger partial charge on any atom is 0.335 e. The van der Waals surface area contributed by atoms with E-state index in [1.165, 1.54) is 24.3 Å². The minimum Gasteiger partial charge on any atom is -0.478 e. The Morgan fingerprint density at radius 2 is 1.62 bits per heavy atom. The van der Waals surface area contributed by atoms with E-state index in [0.717, 1.165) is 0 Å². The molecule has 0 aromatic heterocycles. The number of carboxylic acids is 1. The SMILES string of the molecule is O=C(O)c1ccccc1CC(=S)CC(=O)c1ccccc1[N+](=O)[O-]. The van der Waals surface area contributed by atoms with E-state index in [1.807, 2.05) is 0 Å². The van der Waals surface area contributed by atoms with Crippen LogP contribution >= 0.6 is 12.2 Å². The number of Topliss-reactive ketones (excluding diaryl/α,β-unsaturated/α-hetero) is 1. The molecule has 122 valence electrons. The number of ketones is 1. The average molecular weight is 343 g/mol. The fraction of sp³-hybridized carbons (Fsp3) is 0.118. The zero-order chi connectivity index (χ0) is 17.7. The Balaban J connectivity index is 2.15. The molecule has 0 spiro atoms. The number of nitro groups is 1. The molecule has 2 aromatic rings. The van der Waals surface area contributed by atoms with Crippen LogP contribution in [0.1, 0.15) is 32.7 Å². The first-order chi connectivity index (χ1) is 11.4. The van der Waals surface area contributed by atoms with Gasteiger partial charge in [0.1, 0.15) is 0 Å². The summed E-state index contributed by atoms with van der Waals surface area (Å²) >= 11 is 5.18. The number of nitrogens with zero attached hydrogens (tertiary/aromatic N) is 1. The lowest BCUT2D eigenvalue weighted by Crippen LogP contribution is -2.12. The summed E-state index contributed by atoms with van der Waals surface area (Å²) in [6, 6.07) is 12.1. The molecule has 0 aliphatic carbocycles. The van der Waals surface area contributed by atoms with Crippen molar-refractivity contribution in [3.05, 3.63) is 75.3 Å². The zero-order valence-corrected chi connectivity index (χ0v) is 13.3. The van der Waals surface area contributed by atoms with Crippen LogP contribution in [-0.2, 0) is 6.42 Å². The number of carboxylic acid groups (broad SMARTS) is 1. The highest BCUT2D eigenvalue weighted by Gasteiger charge is 2.20. The van der Waals surface area contributed by atoms with Crippen LogP contribution in [0.2, 0.25) is 0 Å². The van der Waals surface area contributed by atoms with Crippen molar-refractivity contribution in [1.29, 1.82) is 0 Å². The lowest BCUT2D eigenvalue weighted by molar-refractivity contribution is -0.385.